The molecule has 0 aliphatic carbocycles. The molecule has 0 bridgehead atoms. The number of amides is 1. The fourth-order valence-electron chi connectivity index (χ4n) is 3.01. The zero-order valence-corrected chi connectivity index (χ0v) is 21.3. The van der Waals surface area contributed by atoms with Crippen LogP contribution in [0, 0.1) is 0 Å². The van der Waals surface area contributed by atoms with Crippen LogP contribution < -0.4 is 10.6 Å². The van der Waals surface area contributed by atoms with Crippen molar-refractivity contribution in [2.75, 3.05) is 40.3 Å². The Morgan fingerprint density at radius 1 is 1.00 bits per heavy atom. The summed E-state index contributed by atoms with van der Waals surface area (Å²) < 4.78 is 0. The van der Waals surface area contributed by atoms with Crippen LogP contribution in [0.3, 0.4) is 0 Å². The number of carbonyl (C=O) groups excluding carboxylic acids is 1. The van der Waals surface area contributed by atoms with Crippen LogP contribution in [0.25, 0.3) is 0 Å². The zero-order valence-electron chi connectivity index (χ0n) is 18.9. The van der Waals surface area contributed by atoms with Gasteiger partial charge in [-0.15, -0.1) is 24.0 Å². The molecule has 2 N–H and O–H groups in total. The summed E-state index contributed by atoms with van der Waals surface area (Å²) >= 11 is 0. The number of hydrogen-bond donors (Lipinski definition) is 2. The van der Waals surface area contributed by atoms with Crippen molar-refractivity contribution in [1.29, 1.82) is 0 Å². The van der Waals surface area contributed by atoms with Gasteiger partial charge in [-0.2, -0.15) is 0 Å². The fraction of sp³-hybridized carbons (Fsp3) is 0.636. The predicted molar refractivity (Wildman–Crippen MR) is 134 cm³/mol. The van der Waals surface area contributed by atoms with E-state index in [9.17, 15) is 4.79 Å². The van der Waals surface area contributed by atoms with Gasteiger partial charge >= 0.3 is 0 Å². The van der Waals surface area contributed by atoms with E-state index in [2.05, 4.69) is 60.4 Å². The molecule has 1 aromatic rings. The molecule has 1 aromatic carbocycles. The highest BCUT2D eigenvalue weighted by Crippen LogP contribution is 2.05. The Morgan fingerprint density at radius 3 is 2.14 bits per heavy atom. The molecule has 1 rings (SSSR count). The first-order chi connectivity index (χ1) is 13.3. The lowest BCUT2D eigenvalue weighted by Gasteiger charge is -2.30. The summed E-state index contributed by atoms with van der Waals surface area (Å²) in [7, 11) is 3.50. The van der Waals surface area contributed by atoms with E-state index in [4.69, 9.17) is 0 Å². The average molecular weight is 518 g/mol. The summed E-state index contributed by atoms with van der Waals surface area (Å²) in [4.78, 5) is 20.4. The van der Waals surface area contributed by atoms with E-state index in [0.29, 0.717) is 18.0 Å². The monoisotopic (exact) mass is 517 g/mol. The van der Waals surface area contributed by atoms with Crippen molar-refractivity contribution >= 4 is 35.8 Å². The van der Waals surface area contributed by atoms with Crippen LogP contribution in [0.1, 0.15) is 39.7 Å². The molecule has 0 aliphatic heterocycles. The summed E-state index contributed by atoms with van der Waals surface area (Å²) in [5, 5.41) is 6.73. The number of rotatable bonds is 11. The van der Waals surface area contributed by atoms with Crippen LogP contribution in [0.5, 0.6) is 0 Å². The smallest absolute Gasteiger partial charge is 0.243 e. The van der Waals surface area contributed by atoms with Crippen molar-refractivity contribution in [3.63, 3.8) is 0 Å². The molecule has 1 amide bonds. The van der Waals surface area contributed by atoms with E-state index in [0.717, 1.165) is 32.5 Å². The van der Waals surface area contributed by atoms with Crippen molar-refractivity contribution in [2.45, 2.75) is 52.6 Å². The lowest BCUT2D eigenvalue weighted by Crippen LogP contribution is -2.42. The average Bonchev–Trinajstić information content (AvgIpc) is 2.65. The van der Waals surface area contributed by atoms with Crippen LogP contribution in [-0.4, -0.2) is 74.0 Å². The Morgan fingerprint density at radius 2 is 1.59 bits per heavy atom. The van der Waals surface area contributed by atoms with Crippen LogP contribution in [-0.2, 0) is 11.2 Å². The molecular formula is C22H40IN5O. The Labute approximate surface area is 194 Å². The van der Waals surface area contributed by atoms with Gasteiger partial charge in [-0.1, -0.05) is 30.3 Å². The molecule has 29 heavy (non-hydrogen) atoms. The second kappa shape index (κ2) is 15.5. The normalized spacial score (nSPS) is 11.6. The zero-order chi connectivity index (χ0) is 20.9. The van der Waals surface area contributed by atoms with E-state index < -0.39 is 0 Å². The van der Waals surface area contributed by atoms with Gasteiger partial charge in [-0.3, -0.25) is 9.69 Å². The quantitative estimate of drug-likeness (QED) is 0.205. The molecule has 0 aromatic heterocycles. The van der Waals surface area contributed by atoms with Gasteiger partial charge in [0.25, 0.3) is 0 Å². The molecule has 0 aliphatic rings. The molecule has 0 saturated heterocycles. The lowest BCUT2D eigenvalue weighted by molar-refractivity contribution is -0.127. The largest absolute Gasteiger partial charge is 0.356 e. The first kappa shape index (κ1) is 27.6. The van der Waals surface area contributed by atoms with Gasteiger partial charge in [0, 0.05) is 45.8 Å². The number of nitrogens with zero attached hydrogens (tertiary/aromatic N) is 3. The van der Waals surface area contributed by atoms with Crippen LogP contribution in [0.4, 0.5) is 0 Å². The number of aliphatic imine (C=N–C) groups is 1. The molecule has 6 nitrogen and oxygen atoms in total. The van der Waals surface area contributed by atoms with Crippen LogP contribution >= 0.6 is 24.0 Å². The summed E-state index contributed by atoms with van der Waals surface area (Å²) in [5.74, 6) is 0.696. The number of likely N-dealkylation sites (N-methyl/N-ethyl adjacent to an activating group) is 1. The lowest BCUT2D eigenvalue weighted by atomic mass is 10.1. The van der Waals surface area contributed by atoms with Crippen molar-refractivity contribution in [3.05, 3.63) is 35.9 Å². The Bertz CT molecular complexity index is 582. The van der Waals surface area contributed by atoms with Gasteiger partial charge in [0.15, 0.2) is 5.96 Å². The molecule has 0 unspecified atom stereocenters. The number of guanidine groups is 1. The first-order valence-corrected chi connectivity index (χ1v) is 10.3. The predicted octanol–water partition coefficient (Wildman–Crippen LogP) is 2.98. The molecule has 0 atom stereocenters. The fourth-order valence-corrected chi connectivity index (χ4v) is 3.01. The van der Waals surface area contributed by atoms with Crippen molar-refractivity contribution in [2.24, 2.45) is 4.99 Å². The standard InChI is InChI=1S/C22H39N5O.HI/c1-18(2)27(19(3)4)16-10-14-23-22(25-17-21(28)26(5)6)24-15-13-20-11-8-7-9-12-20;/h7-9,11-12,18-19H,10,13-17H2,1-6H3,(H2,23,24,25);1H. The number of benzene rings is 1. The van der Waals surface area contributed by atoms with Gasteiger partial charge in [0.2, 0.25) is 5.91 Å². The van der Waals surface area contributed by atoms with Crippen LogP contribution in [0.15, 0.2) is 35.3 Å². The second-order valence-electron chi connectivity index (χ2n) is 7.82. The summed E-state index contributed by atoms with van der Waals surface area (Å²) in [6.45, 7) is 11.7. The maximum Gasteiger partial charge on any atom is 0.243 e. The molecule has 0 saturated carbocycles. The van der Waals surface area contributed by atoms with Crippen molar-refractivity contribution in [1.82, 2.24) is 20.4 Å². The maximum absolute atomic E-state index is 11.9. The van der Waals surface area contributed by atoms with Gasteiger partial charge in [-0.05, 0) is 46.1 Å². The maximum atomic E-state index is 11.9. The third kappa shape index (κ3) is 12.1. The van der Waals surface area contributed by atoms with Gasteiger partial charge in [-0.25, -0.2) is 4.99 Å². The van der Waals surface area contributed by atoms with E-state index in [1.807, 2.05) is 18.2 Å². The van der Waals surface area contributed by atoms with E-state index >= 15 is 0 Å². The second-order valence-corrected chi connectivity index (χ2v) is 7.82. The molecule has 7 heteroatoms. The Hall–Kier alpha value is -1.35. The number of carbonyl (C=O) groups is 1. The third-order valence-corrected chi connectivity index (χ3v) is 4.63. The van der Waals surface area contributed by atoms with Gasteiger partial charge in [0.05, 0.1) is 0 Å². The minimum Gasteiger partial charge on any atom is -0.356 e. The summed E-state index contributed by atoms with van der Waals surface area (Å²) in [6, 6.07) is 11.4. The van der Waals surface area contributed by atoms with Gasteiger partial charge in [0.1, 0.15) is 6.54 Å². The Balaban J connectivity index is 0.00000784. The highest BCUT2D eigenvalue weighted by molar-refractivity contribution is 14.0. The van der Waals surface area contributed by atoms with E-state index in [1.54, 1.807) is 19.0 Å². The highest BCUT2D eigenvalue weighted by atomic mass is 127. The number of halogens is 1. The molecule has 0 spiro atoms. The summed E-state index contributed by atoms with van der Waals surface area (Å²) in [6.07, 6.45) is 1.94. The van der Waals surface area contributed by atoms with Crippen molar-refractivity contribution < 1.29 is 4.79 Å². The van der Waals surface area contributed by atoms with Crippen LogP contribution in [0.2, 0.25) is 0 Å². The molecule has 0 heterocycles. The van der Waals surface area contributed by atoms with E-state index in [1.165, 1.54) is 5.56 Å². The molecular weight excluding hydrogens is 477 g/mol. The molecule has 0 fully saturated rings. The van der Waals surface area contributed by atoms with E-state index in [-0.39, 0.29) is 36.4 Å². The molecule has 166 valence electrons. The van der Waals surface area contributed by atoms with Gasteiger partial charge < -0.3 is 15.5 Å². The number of hydrogen-bond acceptors (Lipinski definition) is 3. The van der Waals surface area contributed by atoms with Crippen molar-refractivity contribution in [3.8, 4) is 0 Å². The topological polar surface area (TPSA) is 60.0 Å². The SMILES string of the molecule is CC(C)N(CCCNC(=NCC(=O)N(C)C)NCCc1ccccc1)C(C)C.I. The number of nitrogens with one attached hydrogen (secondary N) is 2. The summed E-state index contributed by atoms with van der Waals surface area (Å²) in [5.41, 5.74) is 1.28. The Kier molecular flexibility index (Phi) is 14.8. The highest BCUT2D eigenvalue weighted by Gasteiger charge is 2.12. The minimum atomic E-state index is -0.00468. The first-order valence-electron chi connectivity index (χ1n) is 10.3. The molecule has 0 radical (unpaired) electrons. The third-order valence-electron chi connectivity index (χ3n) is 4.63. The minimum absolute atomic E-state index is 0.